The minimum Gasteiger partial charge on any atom is -0.444 e. The molecule has 0 bridgehead atoms. The first kappa shape index (κ1) is 17.7. The summed E-state index contributed by atoms with van der Waals surface area (Å²) < 4.78 is 10.9. The summed E-state index contributed by atoms with van der Waals surface area (Å²) in [5.74, 6) is -0.115. The summed E-state index contributed by atoms with van der Waals surface area (Å²) in [6, 6.07) is 0. The quantitative estimate of drug-likeness (QED) is 0.735. The van der Waals surface area contributed by atoms with Crippen molar-refractivity contribution >= 4 is 12.0 Å². The molecular weight excluding hydrogens is 276 g/mol. The molecule has 1 rings (SSSR count). The van der Waals surface area contributed by atoms with E-state index in [2.05, 4.69) is 0 Å². The van der Waals surface area contributed by atoms with E-state index in [1.54, 1.807) is 11.9 Å². The van der Waals surface area contributed by atoms with E-state index in [9.17, 15) is 9.59 Å². The molecule has 1 heterocycles. The van der Waals surface area contributed by atoms with Crippen molar-refractivity contribution in [2.24, 2.45) is 0 Å². The van der Waals surface area contributed by atoms with Gasteiger partial charge in [0.15, 0.2) is 0 Å². The second-order valence-electron chi connectivity index (χ2n) is 6.03. The number of hydrogen-bond donors (Lipinski definition) is 0. The summed E-state index contributed by atoms with van der Waals surface area (Å²) in [5.41, 5.74) is -0.512. The van der Waals surface area contributed by atoms with Crippen LogP contribution in [-0.2, 0) is 19.1 Å². The van der Waals surface area contributed by atoms with Gasteiger partial charge in [-0.2, -0.15) is 0 Å². The van der Waals surface area contributed by atoms with E-state index in [1.807, 2.05) is 20.8 Å². The van der Waals surface area contributed by atoms with Crippen molar-refractivity contribution in [2.45, 2.75) is 45.3 Å². The largest absolute Gasteiger partial charge is 0.444 e. The highest BCUT2D eigenvalue weighted by atomic mass is 16.7. The van der Waals surface area contributed by atoms with Gasteiger partial charge in [0, 0.05) is 20.0 Å². The van der Waals surface area contributed by atoms with Crippen molar-refractivity contribution in [2.75, 3.05) is 33.9 Å². The lowest BCUT2D eigenvalue weighted by molar-refractivity contribution is -0.169. The predicted molar refractivity (Wildman–Crippen MR) is 76.6 cm³/mol. The number of nitrogens with zero attached hydrogens (tertiary/aromatic N) is 2. The number of carbonyl (C=O) groups is 2. The van der Waals surface area contributed by atoms with Crippen molar-refractivity contribution < 1.29 is 23.9 Å². The van der Waals surface area contributed by atoms with Gasteiger partial charge in [-0.25, -0.2) is 9.86 Å². The van der Waals surface area contributed by atoms with Crippen LogP contribution in [0.4, 0.5) is 4.79 Å². The van der Waals surface area contributed by atoms with Crippen molar-refractivity contribution in [3.8, 4) is 0 Å². The zero-order valence-electron chi connectivity index (χ0n) is 13.5. The van der Waals surface area contributed by atoms with Crippen LogP contribution >= 0.6 is 0 Å². The van der Waals surface area contributed by atoms with Gasteiger partial charge >= 0.3 is 6.09 Å². The van der Waals surface area contributed by atoms with Crippen LogP contribution in [0.15, 0.2) is 0 Å². The van der Waals surface area contributed by atoms with Crippen LogP contribution < -0.4 is 0 Å². The first-order valence-electron chi connectivity index (χ1n) is 7.13. The van der Waals surface area contributed by atoms with E-state index in [4.69, 9.17) is 14.3 Å². The molecule has 1 unspecified atom stereocenters. The van der Waals surface area contributed by atoms with Crippen LogP contribution in [0.1, 0.15) is 33.6 Å². The molecule has 2 amide bonds. The van der Waals surface area contributed by atoms with Crippen molar-refractivity contribution in [1.82, 2.24) is 9.96 Å². The van der Waals surface area contributed by atoms with Crippen molar-refractivity contribution in [1.29, 1.82) is 0 Å². The Morgan fingerprint density at radius 2 is 2.05 bits per heavy atom. The highest BCUT2D eigenvalue weighted by Gasteiger charge is 2.28. The summed E-state index contributed by atoms with van der Waals surface area (Å²) in [4.78, 5) is 30.1. The third-order valence-electron chi connectivity index (χ3n) is 3.10. The Balaban J connectivity index is 2.42. The molecule has 1 aliphatic rings. The molecule has 1 aliphatic heterocycles. The molecule has 21 heavy (non-hydrogen) atoms. The molecule has 122 valence electrons. The van der Waals surface area contributed by atoms with Crippen molar-refractivity contribution in [3.05, 3.63) is 0 Å². The number of ether oxygens (including phenoxy) is 2. The Morgan fingerprint density at radius 3 is 2.62 bits per heavy atom. The maximum Gasteiger partial charge on any atom is 0.410 e. The molecule has 7 heteroatoms. The molecule has 0 N–H and O–H groups in total. The minimum atomic E-state index is -0.512. The van der Waals surface area contributed by atoms with E-state index in [0.29, 0.717) is 32.5 Å². The second-order valence-corrected chi connectivity index (χ2v) is 6.03. The number of morpholine rings is 1. The topological polar surface area (TPSA) is 68.3 Å². The molecule has 1 fully saturated rings. The Morgan fingerprint density at radius 1 is 1.38 bits per heavy atom. The van der Waals surface area contributed by atoms with E-state index in [1.165, 1.54) is 12.2 Å². The van der Waals surface area contributed by atoms with Crippen molar-refractivity contribution in [3.63, 3.8) is 0 Å². The Hall–Kier alpha value is -1.34. The fourth-order valence-corrected chi connectivity index (χ4v) is 1.93. The average Bonchev–Trinajstić information content (AvgIpc) is 2.42. The standard InChI is InChI=1S/C14H26N2O5/c1-14(2,3)21-13(18)16-8-9-20-11(10-16)6-7-12(17)15(4)19-5/h11H,6-10H2,1-5H3. The molecular formula is C14H26N2O5. The molecule has 0 aromatic heterocycles. The van der Waals surface area contributed by atoms with Crippen LogP contribution in [0.3, 0.4) is 0 Å². The van der Waals surface area contributed by atoms with Gasteiger partial charge in [0.25, 0.3) is 0 Å². The van der Waals surface area contributed by atoms with E-state index in [0.717, 1.165) is 0 Å². The van der Waals surface area contributed by atoms with Crippen LogP contribution in [0, 0.1) is 0 Å². The summed E-state index contributed by atoms with van der Waals surface area (Å²) >= 11 is 0. The summed E-state index contributed by atoms with van der Waals surface area (Å²) in [6.07, 6.45) is 0.375. The van der Waals surface area contributed by atoms with E-state index in [-0.39, 0.29) is 18.1 Å². The normalized spacial score (nSPS) is 19.3. The first-order chi connectivity index (χ1) is 9.73. The Bertz CT molecular complexity index is 367. The number of amides is 2. The monoisotopic (exact) mass is 302 g/mol. The fourth-order valence-electron chi connectivity index (χ4n) is 1.93. The lowest BCUT2D eigenvalue weighted by Gasteiger charge is -2.34. The molecule has 0 saturated carbocycles. The van der Waals surface area contributed by atoms with E-state index < -0.39 is 5.60 Å². The number of hydroxylamine groups is 2. The lowest BCUT2D eigenvalue weighted by atomic mass is 10.1. The van der Waals surface area contributed by atoms with Gasteiger partial charge in [0.1, 0.15) is 5.60 Å². The lowest BCUT2D eigenvalue weighted by Crippen LogP contribution is -2.47. The summed E-state index contributed by atoms with van der Waals surface area (Å²) in [5, 5.41) is 1.19. The maximum atomic E-state index is 12.0. The SMILES string of the molecule is CON(C)C(=O)CCC1CN(C(=O)OC(C)(C)C)CCO1. The molecule has 0 radical (unpaired) electrons. The van der Waals surface area contributed by atoms with Gasteiger partial charge in [-0.05, 0) is 27.2 Å². The summed E-state index contributed by atoms with van der Waals surface area (Å²) in [7, 11) is 3.01. The number of hydrogen-bond acceptors (Lipinski definition) is 5. The molecule has 0 aromatic rings. The fraction of sp³-hybridized carbons (Fsp3) is 0.857. The Kier molecular flexibility index (Phi) is 6.42. The maximum absolute atomic E-state index is 12.0. The highest BCUT2D eigenvalue weighted by Crippen LogP contribution is 2.15. The molecule has 7 nitrogen and oxygen atoms in total. The van der Waals surface area contributed by atoms with Gasteiger partial charge < -0.3 is 14.4 Å². The first-order valence-corrected chi connectivity index (χ1v) is 7.13. The summed E-state index contributed by atoms with van der Waals surface area (Å²) in [6.45, 7) is 6.92. The van der Waals surface area contributed by atoms with Gasteiger partial charge in [-0.15, -0.1) is 0 Å². The van der Waals surface area contributed by atoms with E-state index >= 15 is 0 Å². The number of carbonyl (C=O) groups excluding carboxylic acids is 2. The molecule has 0 aromatic carbocycles. The molecule has 1 atom stereocenters. The van der Waals surface area contributed by atoms with Crippen LogP contribution in [0.5, 0.6) is 0 Å². The molecule has 0 spiro atoms. The molecule has 0 aliphatic carbocycles. The van der Waals surface area contributed by atoms with Crippen LogP contribution in [-0.4, -0.2) is 67.5 Å². The van der Waals surface area contributed by atoms with Gasteiger partial charge in [-0.1, -0.05) is 0 Å². The Labute approximate surface area is 126 Å². The van der Waals surface area contributed by atoms with Crippen LogP contribution in [0.25, 0.3) is 0 Å². The predicted octanol–water partition coefficient (Wildman–Crippen LogP) is 1.42. The highest BCUT2D eigenvalue weighted by molar-refractivity contribution is 5.74. The third-order valence-corrected chi connectivity index (χ3v) is 3.10. The average molecular weight is 302 g/mol. The molecule has 1 saturated heterocycles. The third kappa shape index (κ3) is 6.31. The number of rotatable bonds is 4. The smallest absolute Gasteiger partial charge is 0.410 e. The minimum absolute atomic E-state index is 0.115. The van der Waals surface area contributed by atoms with Gasteiger partial charge in [0.2, 0.25) is 5.91 Å². The second kappa shape index (κ2) is 7.61. The van der Waals surface area contributed by atoms with Gasteiger partial charge in [0.05, 0.1) is 26.4 Å². The zero-order chi connectivity index (χ0) is 16.0. The van der Waals surface area contributed by atoms with Crippen LogP contribution in [0.2, 0.25) is 0 Å². The zero-order valence-corrected chi connectivity index (χ0v) is 13.5. The van der Waals surface area contributed by atoms with Gasteiger partial charge in [-0.3, -0.25) is 9.63 Å².